The fraction of sp³-hybridized carbons (Fsp3) is 0.542. The Bertz CT molecular complexity index is 912. The third-order valence-corrected chi connectivity index (χ3v) is 5.55. The van der Waals surface area contributed by atoms with E-state index in [9.17, 15) is 34.2 Å². The quantitative estimate of drug-likeness (QED) is 0.110. The number of carboxylic acids is 2. The first-order chi connectivity index (χ1) is 17.5. The van der Waals surface area contributed by atoms with Crippen LogP contribution in [0.1, 0.15) is 44.6 Å². The number of carboxylic acid groups (broad SMARTS) is 2. The molecule has 37 heavy (non-hydrogen) atoms. The van der Waals surface area contributed by atoms with Gasteiger partial charge in [-0.3, -0.25) is 19.2 Å². The Balaban J connectivity index is 2.94. The average Bonchev–Trinajstić information content (AvgIpc) is 2.84. The van der Waals surface area contributed by atoms with E-state index in [0.29, 0.717) is 24.9 Å². The summed E-state index contributed by atoms with van der Waals surface area (Å²) in [5.74, 6) is -4.89. The van der Waals surface area contributed by atoms with Crippen molar-refractivity contribution in [2.45, 2.75) is 75.7 Å². The van der Waals surface area contributed by atoms with E-state index in [1.54, 1.807) is 30.3 Å². The van der Waals surface area contributed by atoms with Crippen LogP contribution in [0.25, 0.3) is 0 Å². The van der Waals surface area contributed by atoms with Gasteiger partial charge in [-0.25, -0.2) is 4.79 Å². The predicted octanol–water partition coefficient (Wildman–Crippen LogP) is -1.53. The summed E-state index contributed by atoms with van der Waals surface area (Å²) in [6.07, 6.45) is -0.762. The minimum Gasteiger partial charge on any atom is -0.481 e. The lowest BCUT2D eigenvalue weighted by atomic mass is 10.0. The highest BCUT2D eigenvalue weighted by Crippen LogP contribution is 2.07. The van der Waals surface area contributed by atoms with Crippen LogP contribution in [0.15, 0.2) is 30.3 Å². The molecule has 206 valence electrons. The number of aliphatic hydroxyl groups is 1. The standard InChI is InChI=1S/C24H37N5O8/c1-14(30)20(23(35)28-18(24(36)37)13-15-7-3-2-4-8-15)29-22(34)17(9-5-6-12-25)27-21(33)16(26)10-11-19(31)32/h2-4,7-8,14,16-18,20,30H,5-6,9-13,25-26H2,1H3,(H,27,33)(H,28,35)(H,29,34)(H,31,32)(H,36,37). The smallest absolute Gasteiger partial charge is 0.326 e. The predicted molar refractivity (Wildman–Crippen MR) is 133 cm³/mol. The van der Waals surface area contributed by atoms with E-state index in [1.165, 1.54) is 6.92 Å². The summed E-state index contributed by atoms with van der Waals surface area (Å²) >= 11 is 0. The number of benzene rings is 1. The molecule has 1 rings (SSSR count). The minimum absolute atomic E-state index is 0.0195. The molecule has 13 nitrogen and oxygen atoms in total. The molecule has 0 aliphatic carbocycles. The highest BCUT2D eigenvalue weighted by atomic mass is 16.4. The number of hydrogen-bond donors (Lipinski definition) is 8. The lowest BCUT2D eigenvalue weighted by molar-refractivity contribution is -0.143. The second kappa shape index (κ2) is 16.2. The van der Waals surface area contributed by atoms with Crippen LogP contribution in [0, 0.1) is 0 Å². The largest absolute Gasteiger partial charge is 0.481 e. The van der Waals surface area contributed by atoms with Crippen LogP contribution in [0.3, 0.4) is 0 Å². The number of aliphatic carboxylic acids is 2. The Morgan fingerprint density at radius 3 is 2.03 bits per heavy atom. The van der Waals surface area contributed by atoms with Gasteiger partial charge in [-0.2, -0.15) is 0 Å². The Morgan fingerprint density at radius 1 is 0.865 bits per heavy atom. The van der Waals surface area contributed by atoms with E-state index in [4.69, 9.17) is 16.6 Å². The van der Waals surface area contributed by atoms with Gasteiger partial charge in [0.2, 0.25) is 17.7 Å². The Labute approximate surface area is 215 Å². The summed E-state index contributed by atoms with van der Waals surface area (Å²) in [6, 6.07) is 3.45. The summed E-state index contributed by atoms with van der Waals surface area (Å²) < 4.78 is 0. The van der Waals surface area contributed by atoms with Crippen molar-refractivity contribution >= 4 is 29.7 Å². The molecule has 0 saturated carbocycles. The number of rotatable bonds is 17. The Hall–Kier alpha value is -3.55. The van der Waals surface area contributed by atoms with Gasteiger partial charge in [0.1, 0.15) is 18.1 Å². The van der Waals surface area contributed by atoms with Crippen molar-refractivity contribution in [3.63, 3.8) is 0 Å². The van der Waals surface area contributed by atoms with E-state index < -0.39 is 59.9 Å². The minimum atomic E-state index is -1.51. The maximum atomic E-state index is 13.0. The van der Waals surface area contributed by atoms with Crippen LogP contribution in [0.5, 0.6) is 0 Å². The van der Waals surface area contributed by atoms with Gasteiger partial charge in [-0.05, 0) is 44.7 Å². The van der Waals surface area contributed by atoms with Gasteiger partial charge < -0.3 is 42.7 Å². The van der Waals surface area contributed by atoms with E-state index >= 15 is 0 Å². The normalized spacial score (nSPS) is 14.9. The molecule has 0 radical (unpaired) electrons. The molecule has 1 aromatic rings. The Morgan fingerprint density at radius 2 is 1.49 bits per heavy atom. The number of nitrogens with two attached hydrogens (primary N) is 2. The molecule has 3 amide bonds. The molecule has 0 aliphatic heterocycles. The SMILES string of the molecule is CC(O)C(NC(=O)C(CCCCN)NC(=O)C(N)CCC(=O)O)C(=O)NC(Cc1ccccc1)C(=O)O. The maximum absolute atomic E-state index is 13.0. The van der Waals surface area contributed by atoms with Gasteiger partial charge >= 0.3 is 11.9 Å². The third kappa shape index (κ3) is 11.8. The fourth-order valence-corrected chi connectivity index (χ4v) is 3.42. The first-order valence-electron chi connectivity index (χ1n) is 12.0. The van der Waals surface area contributed by atoms with Gasteiger partial charge in [-0.15, -0.1) is 0 Å². The Kier molecular flexibility index (Phi) is 13.8. The highest BCUT2D eigenvalue weighted by molar-refractivity contribution is 5.94. The third-order valence-electron chi connectivity index (χ3n) is 5.55. The van der Waals surface area contributed by atoms with Crippen molar-refractivity contribution in [3.8, 4) is 0 Å². The van der Waals surface area contributed by atoms with Gasteiger partial charge in [0.05, 0.1) is 12.1 Å². The number of amides is 3. The molecule has 1 aromatic carbocycles. The molecule has 0 bridgehead atoms. The first-order valence-corrected chi connectivity index (χ1v) is 12.0. The van der Waals surface area contributed by atoms with Crippen LogP contribution in [0.2, 0.25) is 0 Å². The van der Waals surface area contributed by atoms with Crippen LogP contribution in [-0.2, 0) is 30.4 Å². The van der Waals surface area contributed by atoms with Crippen LogP contribution < -0.4 is 27.4 Å². The molecule has 0 aliphatic rings. The van der Waals surface area contributed by atoms with E-state index in [0.717, 1.165) is 0 Å². The lowest BCUT2D eigenvalue weighted by Gasteiger charge is -2.26. The molecule has 13 heteroatoms. The number of carbonyl (C=O) groups excluding carboxylic acids is 3. The van der Waals surface area contributed by atoms with Crippen LogP contribution in [-0.4, -0.2) is 81.8 Å². The molecular formula is C24H37N5O8. The molecule has 10 N–H and O–H groups in total. The van der Waals surface area contributed by atoms with Gasteiger partial charge in [-0.1, -0.05) is 30.3 Å². The fourth-order valence-electron chi connectivity index (χ4n) is 3.42. The van der Waals surface area contributed by atoms with Crippen molar-refractivity contribution in [1.29, 1.82) is 0 Å². The van der Waals surface area contributed by atoms with Gasteiger partial charge in [0, 0.05) is 12.8 Å². The zero-order chi connectivity index (χ0) is 28.0. The number of hydrogen-bond acceptors (Lipinski definition) is 8. The molecule has 5 atom stereocenters. The monoisotopic (exact) mass is 523 g/mol. The van der Waals surface area contributed by atoms with Crippen molar-refractivity contribution in [2.75, 3.05) is 6.54 Å². The second-order valence-corrected chi connectivity index (χ2v) is 8.70. The molecular weight excluding hydrogens is 486 g/mol. The number of unbranched alkanes of at least 4 members (excludes halogenated alkanes) is 1. The van der Waals surface area contributed by atoms with E-state index in [2.05, 4.69) is 16.0 Å². The first kappa shape index (κ1) is 31.5. The van der Waals surface area contributed by atoms with Crippen LogP contribution >= 0.6 is 0 Å². The molecule has 0 fully saturated rings. The summed E-state index contributed by atoms with van der Waals surface area (Å²) in [5, 5.41) is 35.7. The lowest BCUT2D eigenvalue weighted by Crippen LogP contribution is -2.60. The van der Waals surface area contributed by atoms with Crippen molar-refractivity contribution < 1.29 is 39.3 Å². The van der Waals surface area contributed by atoms with Crippen molar-refractivity contribution in [3.05, 3.63) is 35.9 Å². The molecule has 0 heterocycles. The van der Waals surface area contributed by atoms with Crippen molar-refractivity contribution in [1.82, 2.24) is 16.0 Å². The molecule has 0 spiro atoms. The number of carbonyl (C=O) groups is 5. The molecule has 0 saturated heterocycles. The van der Waals surface area contributed by atoms with E-state index in [1.807, 2.05) is 0 Å². The zero-order valence-corrected chi connectivity index (χ0v) is 20.8. The van der Waals surface area contributed by atoms with E-state index in [-0.39, 0.29) is 25.7 Å². The van der Waals surface area contributed by atoms with Crippen molar-refractivity contribution in [2.24, 2.45) is 11.5 Å². The van der Waals surface area contributed by atoms with Gasteiger partial charge in [0.25, 0.3) is 0 Å². The summed E-state index contributed by atoms with van der Waals surface area (Å²) in [6.45, 7) is 1.60. The van der Waals surface area contributed by atoms with Crippen LogP contribution in [0.4, 0.5) is 0 Å². The van der Waals surface area contributed by atoms with Gasteiger partial charge in [0.15, 0.2) is 0 Å². The zero-order valence-electron chi connectivity index (χ0n) is 20.8. The molecule has 0 aromatic heterocycles. The average molecular weight is 524 g/mol. The highest BCUT2D eigenvalue weighted by Gasteiger charge is 2.32. The number of nitrogens with one attached hydrogen (secondary N) is 3. The second-order valence-electron chi connectivity index (χ2n) is 8.70. The topological polar surface area (TPSA) is 234 Å². The molecule has 5 unspecified atom stereocenters. The number of aliphatic hydroxyl groups excluding tert-OH is 1. The summed E-state index contributed by atoms with van der Waals surface area (Å²) in [4.78, 5) is 60.7. The maximum Gasteiger partial charge on any atom is 0.326 e. The summed E-state index contributed by atoms with van der Waals surface area (Å²) in [5.41, 5.74) is 11.9. The summed E-state index contributed by atoms with van der Waals surface area (Å²) in [7, 11) is 0.